The molecule has 2 heterocycles. The van der Waals surface area contributed by atoms with E-state index in [-0.39, 0.29) is 6.04 Å². The molecule has 1 aromatic heterocycles. The van der Waals surface area contributed by atoms with Crippen LogP contribution in [-0.4, -0.2) is 20.3 Å². The van der Waals surface area contributed by atoms with Crippen molar-refractivity contribution in [1.82, 2.24) is 5.32 Å². The first-order valence-electron chi connectivity index (χ1n) is 6.49. The Morgan fingerprint density at radius 3 is 2.45 bits per heavy atom. The summed E-state index contributed by atoms with van der Waals surface area (Å²) >= 11 is 8.13. The maximum atomic E-state index is 6.43. The molecule has 3 rings (SSSR count). The van der Waals surface area contributed by atoms with Crippen molar-refractivity contribution in [2.24, 2.45) is 0 Å². The van der Waals surface area contributed by atoms with Gasteiger partial charge in [0.1, 0.15) is 13.2 Å². The van der Waals surface area contributed by atoms with E-state index in [1.165, 1.54) is 11.1 Å². The normalized spacial score (nSPS) is 15.2. The van der Waals surface area contributed by atoms with Gasteiger partial charge in [-0.25, -0.2) is 0 Å². The van der Waals surface area contributed by atoms with Crippen molar-refractivity contribution >= 4 is 22.9 Å². The highest BCUT2D eigenvalue weighted by Gasteiger charge is 2.22. The topological polar surface area (TPSA) is 30.5 Å². The Morgan fingerprint density at radius 2 is 1.85 bits per heavy atom. The molecular weight excluding hydrogens is 294 g/mol. The third kappa shape index (κ3) is 2.39. The molecule has 1 aromatic carbocycles. The van der Waals surface area contributed by atoms with Crippen LogP contribution in [0.1, 0.15) is 22.7 Å². The molecule has 0 amide bonds. The second-order valence-electron chi connectivity index (χ2n) is 4.75. The van der Waals surface area contributed by atoms with Gasteiger partial charge in [-0.2, -0.15) is 11.3 Å². The standard InChI is InChI=1S/C15H16ClNO2S/c1-9-7-20-8-11(9)15(17-2)10-5-13-14(6-12(10)16)19-4-3-18-13/h5-8,15,17H,3-4H2,1-2H3. The summed E-state index contributed by atoms with van der Waals surface area (Å²) in [5.74, 6) is 1.49. The van der Waals surface area contributed by atoms with Crippen LogP contribution in [0.15, 0.2) is 22.9 Å². The van der Waals surface area contributed by atoms with Gasteiger partial charge in [0.15, 0.2) is 11.5 Å². The molecule has 1 N–H and O–H groups in total. The van der Waals surface area contributed by atoms with Gasteiger partial charge in [-0.15, -0.1) is 0 Å². The van der Waals surface area contributed by atoms with Crippen LogP contribution in [0.5, 0.6) is 11.5 Å². The molecule has 0 saturated heterocycles. The molecule has 1 atom stereocenters. The number of thiophene rings is 1. The molecule has 0 saturated carbocycles. The predicted octanol–water partition coefficient (Wildman–Crippen LogP) is 3.79. The van der Waals surface area contributed by atoms with Gasteiger partial charge in [0.2, 0.25) is 0 Å². The fourth-order valence-corrected chi connectivity index (χ4v) is 3.59. The summed E-state index contributed by atoms with van der Waals surface area (Å²) in [6.07, 6.45) is 0. The average Bonchev–Trinajstić information content (AvgIpc) is 2.87. The number of aryl methyl sites for hydroxylation is 1. The molecule has 20 heavy (non-hydrogen) atoms. The van der Waals surface area contributed by atoms with Crippen LogP contribution in [0.4, 0.5) is 0 Å². The lowest BCUT2D eigenvalue weighted by Gasteiger charge is -2.23. The minimum Gasteiger partial charge on any atom is -0.486 e. The molecular formula is C15H16ClNO2S. The summed E-state index contributed by atoms with van der Waals surface area (Å²) in [4.78, 5) is 0. The zero-order chi connectivity index (χ0) is 14.1. The third-order valence-electron chi connectivity index (χ3n) is 3.47. The van der Waals surface area contributed by atoms with Crippen LogP contribution in [-0.2, 0) is 0 Å². The van der Waals surface area contributed by atoms with Gasteiger partial charge in [0.25, 0.3) is 0 Å². The second kappa shape index (κ2) is 5.64. The van der Waals surface area contributed by atoms with Crippen molar-refractivity contribution in [2.45, 2.75) is 13.0 Å². The maximum absolute atomic E-state index is 6.43. The van der Waals surface area contributed by atoms with Crippen molar-refractivity contribution in [3.8, 4) is 11.5 Å². The van der Waals surface area contributed by atoms with Crippen molar-refractivity contribution in [1.29, 1.82) is 0 Å². The lowest BCUT2D eigenvalue weighted by atomic mass is 9.98. The van der Waals surface area contributed by atoms with Crippen LogP contribution in [0.3, 0.4) is 0 Å². The summed E-state index contributed by atoms with van der Waals surface area (Å²) < 4.78 is 11.2. The van der Waals surface area contributed by atoms with Crippen molar-refractivity contribution in [3.63, 3.8) is 0 Å². The van der Waals surface area contributed by atoms with E-state index in [1.807, 2.05) is 19.2 Å². The fraction of sp³-hybridized carbons (Fsp3) is 0.333. The molecule has 5 heteroatoms. The van der Waals surface area contributed by atoms with E-state index in [2.05, 4.69) is 23.0 Å². The van der Waals surface area contributed by atoms with E-state index in [0.717, 1.165) is 17.1 Å². The Balaban J connectivity index is 2.06. The first kappa shape index (κ1) is 13.7. The highest BCUT2D eigenvalue weighted by atomic mass is 35.5. The molecule has 0 radical (unpaired) electrons. The summed E-state index contributed by atoms with van der Waals surface area (Å²) in [5, 5.41) is 8.33. The Bertz CT molecular complexity index is 626. The Hall–Kier alpha value is -1.23. The van der Waals surface area contributed by atoms with E-state index in [9.17, 15) is 0 Å². The minimum absolute atomic E-state index is 0.0598. The van der Waals surface area contributed by atoms with E-state index in [1.54, 1.807) is 11.3 Å². The average molecular weight is 310 g/mol. The molecule has 0 bridgehead atoms. The molecule has 0 aliphatic carbocycles. The summed E-state index contributed by atoms with van der Waals surface area (Å²) in [7, 11) is 1.94. The van der Waals surface area contributed by atoms with Gasteiger partial charge in [-0.05, 0) is 47.5 Å². The predicted molar refractivity (Wildman–Crippen MR) is 82.4 cm³/mol. The highest BCUT2D eigenvalue weighted by Crippen LogP contribution is 2.40. The Labute approximate surface area is 127 Å². The van der Waals surface area contributed by atoms with Gasteiger partial charge in [-0.3, -0.25) is 0 Å². The Kier molecular flexibility index (Phi) is 3.87. The molecule has 1 aliphatic heterocycles. The number of fused-ring (bicyclic) bond motifs is 1. The maximum Gasteiger partial charge on any atom is 0.162 e. The SMILES string of the molecule is CNC(c1cscc1C)c1cc2c(cc1Cl)OCCO2. The van der Waals surface area contributed by atoms with E-state index in [4.69, 9.17) is 21.1 Å². The zero-order valence-electron chi connectivity index (χ0n) is 11.4. The quantitative estimate of drug-likeness (QED) is 0.935. The van der Waals surface area contributed by atoms with Crippen LogP contribution < -0.4 is 14.8 Å². The number of ether oxygens (including phenoxy) is 2. The Morgan fingerprint density at radius 1 is 1.15 bits per heavy atom. The first-order chi connectivity index (χ1) is 9.70. The van der Waals surface area contributed by atoms with Gasteiger partial charge in [-0.1, -0.05) is 11.6 Å². The summed E-state index contributed by atoms with van der Waals surface area (Å²) in [6, 6.07) is 3.89. The van der Waals surface area contributed by atoms with Crippen molar-refractivity contribution in [3.05, 3.63) is 44.6 Å². The lowest BCUT2D eigenvalue weighted by molar-refractivity contribution is 0.171. The number of hydrogen-bond donors (Lipinski definition) is 1. The van der Waals surface area contributed by atoms with Gasteiger partial charge < -0.3 is 14.8 Å². The van der Waals surface area contributed by atoms with Crippen molar-refractivity contribution < 1.29 is 9.47 Å². The van der Waals surface area contributed by atoms with E-state index >= 15 is 0 Å². The largest absolute Gasteiger partial charge is 0.486 e. The van der Waals surface area contributed by atoms with Gasteiger partial charge in [0.05, 0.1) is 6.04 Å². The molecule has 106 valence electrons. The number of halogens is 1. The van der Waals surface area contributed by atoms with Crippen LogP contribution in [0.2, 0.25) is 5.02 Å². The summed E-state index contributed by atoms with van der Waals surface area (Å²) in [6.45, 7) is 3.26. The first-order valence-corrected chi connectivity index (χ1v) is 7.81. The molecule has 2 aromatic rings. The molecule has 1 unspecified atom stereocenters. The van der Waals surface area contributed by atoms with Crippen LogP contribution in [0.25, 0.3) is 0 Å². The molecule has 1 aliphatic rings. The highest BCUT2D eigenvalue weighted by molar-refractivity contribution is 7.08. The fourth-order valence-electron chi connectivity index (χ4n) is 2.45. The summed E-state index contributed by atoms with van der Waals surface area (Å²) in [5.41, 5.74) is 3.52. The van der Waals surface area contributed by atoms with Crippen molar-refractivity contribution in [2.75, 3.05) is 20.3 Å². The molecule has 0 spiro atoms. The third-order valence-corrected chi connectivity index (χ3v) is 4.67. The zero-order valence-corrected chi connectivity index (χ0v) is 13.0. The number of hydrogen-bond acceptors (Lipinski definition) is 4. The minimum atomic E-state index is 0.0598. The molecule has 3 nitrogen and oxygen atoms in total. The van der Waals surface area contributed by atoms with Gasteiger partial charge in [0, 0.05) is 11.1 Å². The monoisotopic (exact) mass is 309 g/mol. The van der Waals surface area contributed by atoms with Crippen LogP contribution >= 0.6 is 22.9 Å². The lowest BCUT2D eigenvalue weighted by Crippen LogP contribution is -2.20. The van der Waals surface area contributed by atoms with E-state index in [0.29, 0.717) is 18.2 Å². The van der Waals surface area contributed by atoms with Gasteiger partial charge >= 0.3 is 0 Å². The van der Waals surface area contributed by atoms with Crippen LogP contribution in [0, 0.1) is 6.92 Å². The number of benzene rings is 1. The number of nitrogens with one attached hydrogen (secondary N) is 1. The number of rotatable bonds is 3. The molecule has 0 fully saturated rings. The second-order valence-corrected chi connectivity index (χ2v) is 5.90. The van der Waals surface area contributed by atoms with E-state index < -0.39 is 0 Å². The smallest absolute Gasteiger partial charge is 0.162 e.